The molecule has 0 heterocycles. The zero-order valence-corrected chi connectivity index (χ0v) is 13.3. The normalized spacial score (nSPS) is 10.2. The monoisotopic (exact) mass is 325 g/mol. The summed E-state index contributed by atoms with van der Waals surface area (Å²) >= 11 is 0. The number of hydrogen-bond acceptors (Lipinski definition) is 3. The van der Waals surface area contributed by atoms with Gasteiger partial charge in [0.05, 0.1) is 0 Å². The van der Waals surface area contributed by atoms with Crippen molar-refractivity contribution in [2.45, 2.75) is 26.4 Å². The molecule has 1 rings (SSSR count). The van der Waals surface area contributed by atoms with E-state index in [0.717, 1.165) is 0 Å². The maximum atomic E-state index is 11.4. The van der Waals surface area contributed by atoms with E-state index in [-0.39, 0.29) is 38.3 Å². The molecular weight excluding hydrogens is 311 g/mol. The molecule has 0 aliphatic carbocycles. The minimum Gasteiger partial charge on any atom is -0.521 e. The van der Waals surface area contributed by atoms with E-state index in [0.29, 0.717) is 5.69 Å². The maximum Gasteiger partial charge on any atom is 0.403 e. The number of carbonyl (C=O) groups is 2. The van der Waals surface area contributed by atoms with E-state index in [9.17, 15) is 9.59 Å². The molecule has 6 heteroatoms. The Morgan fingerprint density at radius 2 is 1.94 bits per heavy atom. The first-order chi connectivity index (χ1) is 7.78. The van der Waals surface area contributed by atoms with Crippen LogP contribution in [0.1, 0.15) is 31.1 Å². The van der Waals surface area contributed by atoms with Gasteiger partial charge in [0.2, 0.25) is 5.97 Å². The topological polar surface area (TPSA) is 75.6 Å². The second-order valence-corrected chi connectivity index (χ2v) is 4.42. The summed E-state index contributed by atoms with van der Waals surface area (Å²) in [4.78, 5) is 22.0. The first-order valence-corrected chi connectivity index (χ1v) is 5.03. The number of carboxylic acid groups (broad SMARTS) is 1. The minimum absolute atomic E-state index is 0. The summed E-state index contributed by atoms with van der Waals surface area (Å²) in [5.41, 5.74) is -0.0987. The van der Waals surface area contributed by atoms with Crippen molar-refractivity contribution < 1.29 is 52.1 Å². The Balaban J connectivity index is 0.00000289. The molecule has 0 bridgehead atoms. The van der Waals surface area contributed by atoms with Crippen molar-refractivity contribution in [1.82, 2.24) is 0 Å². The predicted molar refractivity (Wildman–Crippen MR) is 62.1 cm³/mol. The number of anilines is 1. The summed E-state index contributed by atoms with van der Waals surface area (Å²) in [6, 6.07) is 6.75. The van der Waals surface area contributed by atoms with Crippen molar-refractivity contribution in [2.24, 2.45) is 0 Å². The van der Waals surface area contributed by atoms with E-state index in [1.165, 1.54) is 18.2 Å². The molecule has 0 aliphatic rings. The summed E-state index contributed by atoms with van der Waals surface area (Å²) in [5.74, 6) is -1.06. The summed E-state index contributed by atoms with van der Waals surface area (Å²) in [5, 5.41) is 11.1. The molecule has 0 saturated heterocycles. The van der Waals surface area contributed by atoms with Crippen LogP contribution in [-0.2, 0) is 37.4 Å². The Labute approximate surface area is 131 Å². The molecule has 5 nitrogen and oxygen atoms in total. The average Bonchev–Trinajstić information content (AvgIpc) is 2.15. The maximum absolute atomic E-state index is 11.4. The summed E-state index contributed by atoms with van der Waals surface area (Å²) in [7, 11) is 0. The van der Waals surface area contributed by atoms with Crippen LogP contribution in [0.3, 0.4) is 0 Å². The largest absolute Gasteiger partial charge is 0.521 e. The van der Waals surface area contributed by atoms with Gasteiger partial charge < -0.3 is 20.0 Å². The van der Waals surface area contributed by atoms with Crippen molar-refractivity contribution in [3.05, 3.63) is 29.8 Å². The van der Waals surface area contributed by atoms with Crippen LogP contribution in [0.5, 0.6) is 0 Å². The molecule has 0 atom stereocenters. The molecule has 1 radical (unpaired) electrons. The Bertz CT molecular complexity index is 423. The van der Waals surface area contributed by atoms with Crippen LogP contribution in [0.15, 0.2) is 18.2 Å². The molecule has 0 saturated carbocycles. The van der Waals surface area contributed by atoms with Gasteiger partial charge in [-0.15, -0.1) is 24.3 Å². The molecule has 1 amide bonds. The third kappa shape index (κ3) is 6.12. The van der Waals surface area contributed by atoms with Crippen molar-refractivity contribution in [1.29, 1.82) is 0 Å². The van der Waals surface area contributed by atoms with Crippen LogP contribution in [0.4, 0.5) is 10.5 Å². The number of hydrogen-bond donors (Lipinski definition) is 2. The van der Waals surface area contributed by atoms with E-state index in [4.69, 9.17) is 9.84 Å². The molecule has 0 spiro atoms. The van der Waals surface area contributed by atoms with Gasteiger partial charge >= 0.3 is 6.09 Å². The van der Waals surface area contributed by atoms with Gasteiger partial charge in [0.1, 0.15) is 5.60 Å². The van der Waals surface area contributed by atoms with Gasteiger partial charge in [-0.05, 0) is 26.5 Å². The van der Waals surface area contributed by atoms with Gasteiger partial charge in [-0.25, -0.2) is 4.79 Å². The van der Waals surface area contributed by atoms with Crippen LogP contribution >= 0.6 is 0 Å². The number of carboxylic acids is 1. The number of ether oxygens (including phenoxy) is 1. The van der Waals surface area contributed by atoms with Gasteiger partial charge in [0.25, 0.3) is 0 Å². The smallest absolute Gasteiger partial charge is 0.403 e. The first-order valence-electron chi connectivity index (χ1n) is 5.03. The van der Waals surface area contributed by atoms with E-state index in [2.05, 4.69) is 11.4 Å². The second-order valence-electron chi connectivity index (χ2n) is 4.42. The number of carbonyl (C=O) groups excluding carboxylic acids is 1. The number of aromatic carboxylic acids is 1. The number of amides is 1. The van der Waals surface area contributed by atoms with Gasteiger partial charge in [-0.2, -0.15) is 0 Å². The molecule has 0 aliphatic heterocycles. The SMILES string of the molecule is CC(C)(C)OC(=O)Nc1c[c-]c(C(=O)O)cc1.[Y]. The number of benzene rings is 1. The van der Waals surface area contributed by atoms with Crippen molar-refractivity contribution in [3.63, 3.8) is 0 Å². The van der Waals surface area contributed by atoms with Crippen LogP contribution in [-0.4, -0.2) is 22.8 Å². The van der Waals surface area contributed by atoms with Gasteiger partial charge in [0.15, 0.2) is 0 Å². The Morgan fingerprint density at radius 1 is 1.33 bits per heavy atom. The van der Waals surface area contributed by atoms with Crippen LogP contribution in [0, 0.1) is 6.07 Å². The van der Waals surface area contributed by atoms with Crippen LogP contribution in [0.25, 0.3) is 0 Å². The Morgan fingerprint density at radius 3 is 2.33 bits per heavy atom. The molecule has 2 N–H and O–H groups in total. The van der Waals surface area contributed by atoms with Gasteiger partial charge in [0, 0.05) is 32.7 Å². The van der Waals surface area contributed by atoms with Crippen molar-refractivity contribution in [3.8, 4) is 0 Å². The quantitative estimate of drug-likeness (QED) is 0.820. The zero-order chi connectivity index (χ0) is 13.1. The molecule has 0 unspecified atom stereocenters. The average molecular weight is 325 g/mol. The third-order valence-corrected chi connectivity index (χ3v) is 1.69. The van der Waals surface area contributed by atoms with Crippen molar-refractivity contribution >= 4 is 17.7 Å². The predicted octanol–water partition coefficient (Wildman–Crippen LogP) is 2.53. The second kappa shape index (κ2) is 6.85. The molecule has 1 aromatic carbocycles. The molecule has 0 aromatic heterocycles. The molecule has 95 valence electrons. The van der Waals surface area contributed by atoms with E-state index >= 15 is 0 Å². The Kier molecular flexibility index (Phi) is 6.50. The van der Waals surface area contributed by atoms with E-state index in [1.54, 1.807) is 20.8 Å². The molecule has 18 heavy (non-hydrogen) atoms. The fraction of sp³-hybridized carbons (Fsp3) is 0.333. The number of rotatable bonds is 2. The zero-order valence-electron chi connectivity index (χ0n) is 10.5. The fourth-order valence-corrected chi connectivity index (χ4v) is 1.06. The van der Waals surface area contributed by atoms with Crippen LogP contribution in [0.2, 0.25) is 0 Å². The fourth-order valence-electron chi connectivity index (χ4n) is 1.06. The van der Waals surface area contributed by atoms with Crippen molar-refractivity contribution in [2.75, 3.05) is 5.32 Å². The minimum atomic E-state index is -1.06. The number of nitrogens with one attached hydrogen (secondary N) is 1. The van der Waals surface area contributed by atoms with E-state index in [1.807, 2.05) is 0 Å². The summed E-state index contributed by atoms with van der Waals surface area (Å²) in [6.07, 6.45) is -0.589. The first kappa shape index (κ1) is 17.1. The van der Waals surface area contributed by atoms with Gasteiger partial charge in [-0.1, -0.05) is 5.56 Å². The van der Waals surface area contributed by atoms with Crippen LogP contribution < -0.4 is 5.32 Å². The summed E-state index contributed by atoms with van der Waals surface area (Å²) in [6.45, 7) is 5.27. The standard InChI is InChI=1S/C12H14NO4.Y/c1-12(2,3)17-11(16)13-9-6-4-8(5-7-9)10(14)15;/h4,6-7H,1-3H3,(H,13,16)(H,14,15);/q-1;. The van der Waals surface area contributed by atoms with E-state index < -0.39 is 17.7 Å². The molecular formula is C12H14NO4Y-. The third-order valence-electron chi connectivity index (χ3n) is 1.69. The molecule has 1 aromatic rings. The molecule has 0 fully saturated rings. The summed E-state index contributed by atoms with van der Waals surface area (Å²) < 4.78 is 5.04. The Hall–Kier alpha value is -0.936. The van der Waals surface area contributed by atoms with Gasteiger partial charge in [-0.3, -0.25) is 0 Å².